The maximum absolute atomic E-state index is 14.1. The molecule has 0 aliphatic carbocycles. The summed E-state index contributed by atoms with van der Waals surface area (Å²) in [5.74, 6) is -0.719. The first-order chi connectivity index (χ1) is 19.6. The first-order valence-corrected chi connectivity index (χ1v) is 14.4. The lowest BCUT2D eigenvalue weighted by Gasteiger charge is -2.51. The number of thioether (sulfide) groups is 1. The molecule has 3 aromatic rings. The largest absolute Gasteiger partial charge is 0.448 e. The van der Waals surface area contributed by atoms with Gasteiger partial charge in [-0.25, -0.2) is 9.48 Å². The molecule has 0 spiro atoms. The van der Waals surface area contributed by atoms with Gasteiger partial charge in [0, 0.05) is 18.8 Å². The van der Waals surface area contributed by atoms with Gasteiger partial charge in [-0.05, 0) is 40.8 Å². The first-order valence-electron chi connectivity index (χ1n) is 13.3. The number of rotatable bonds is 8. The molecule has 2 amide bonds. The Hall–Kier alpha value is -4.19. The van der Waals surface area contributed by atoms with Crippen molar-refractivity contribution in [3.05, 3.63) is 89.5 Å². The summed E-state index contributed by atoms with van der Waals surface area (Å²) in [6, 6.07) is 18.4. The van der Waals surface area contributed by atoms with Crippen LogP contribution >= 0.6 is 11.8 Å². The average molecular weight is 560 g/mol. The molecule has 0 saturated carbocycles. The van der Waals surface area contributed by atoms with E-state index in [1.54, 1.807) is 11.8 Å². The number of carbonyl (C=O) groups excluding carboxylic acids is 3. The fraction of sp³-hybridized carbons (Fsp3) is 0.357. The molecule has 2 aromatic carbocycles. The van der Waals surface area contributed by atoms with Crippen LogP contribution < -0.4 is 5.32 Å². The Labute approximate surface area is 235 Å². The Morgan fingerprint density at radius 2 is 1.68 bits per heavy atom. The Morgan fingerprint density at radius 1 is 1.00 bits per heavy atom. The molecule has 2 fully saturated rings. The highest BCUT2D eigenvalue weighted by Gasteiger charge is 2.55. The molecule has 2 saturated heterocycles. The SMILES string of the molecule is O=C(Cn1cnnn1)NC1C(=O)N2C(C(=O)OC(c3ccccc3)c3ccccc3)=C(N3CCCCC3)CS[C@@H]12. The number of amides is 2. The molecule has 40 heavy (non-hydrogen) atoms. The number of benzene rings is 2. The monoisotopic (exact) mass is 559 g/mol. The van der Waals surface area contributed by atoms with E-state index in [4.69, 9.17) is 4.74 Å². The quantitative estimate of drug-likeness (QED) is 0.327. The molecule has 6 rings (SSSR count). The molecule has 206 valence electrons. The highest BCUT2D eigenvalue weighted by Crippen LogP contribution is 2.43. The van der Waals surface area contributed by atoms with Crippen LogP contribution in [0.3, 0.4) is 0 Å². The van der Waals surface area contributed by atoms with Gasteiger partial charge in [0.25, 0.3) is 5.91 Å². The number of fused-ring (bicyclic) bond motifs is 1. The highest BCUT2D eigenvalue weighted by molar-refractivity contribution is 8.00. The number of carbonyl (C=O) groups is 3. The number of aromatic nitrogens is 4. The first kappa shape index (κ1) is 26.1. The molecule has 3 aliphatic heterocycles. The number of tetrazole rings is 1. The van der Waals surface area contributed by atoms with Crippen molar-refractivity contribution in [2.75, 3.05) is 18.8 Å². The van der Waals surface area contributed by atoms with Crippen LogP contribution in [0.4, 0.5) is 0 Å². The lowest BCUT2D eigenvalue weighted by molar-refractivity contribution is -0.155. The number of likely N-dealkylation sites (tertiary alicyclic amines) is 1. The third-order valence-electron chi connectivity index (χ3n) is 7.32. The second-order valence-electron chi connectivity index (χ2n) is 9.91. The fourth-order valence-electron chi connectivity index (χ4n) is 5.36. The van der Waals surface area contributed by atoms with Crippen LogP contribution in [0, 0.1) is 0 Å². The van der Waals surface area contributed by atoms with E-state index in [2.05, 4.69) is 25.7 Å². The number of nitrogens with one attached hydrogen (secondary N) is 1. The maximum atomic E-state index is 14.1. The number of piperidine rings is 1. The average Bonchev–Trinajstić information content (AvgIpc) is 3.52. The number of hydrogen-bond acceptors (Lipinski definition) is 9. The second kappa shape index (κ2) is 11.5. The van der Waals surface area contributed by atoms with E-state index in [-0.39, 0.29) is 24.1 Å². The minimum Gasteiger partial charge on any atom is -0.448 e. The molecule has 0 radical (unpaired) electrons. The van der Waals surface area contributed by atoms with Crippen molar-refractivity contribution in [3.63, 3.8) is 0 Å². The van der Waals surface area contributed by atoms with Crippen LogP contribution in [0.2, 0.25) is 0 Å². The van der Waals surface area contributed by atoms with Crippen molar-refractivity contribution in [3.8, 4) is 0 Å². The molecule has 2 atom stereocenters. The van der Waals surface area contributed by atoms with Crippen LogP contribution in [0.5, 0.6) is 0 Å². The van der Waals surface area contributed by atoms with Gasteiger partial charge >= 0.3 is 5.97 Å². The Balaban J connectivity index is 1.28. The molecular weight excluding hydrogens is 530 g/mol. The Bertz CT molecular complexity index is 1360. The zero-order valence-electron chi connectivity index (χ0n) is 21.8. The summed E-state index contributed by atoms with van der Waals surface area (Å²) in [6.07, 6.45) is 3.89. The van der Waals surface area contributed by atoms with Crippen molar-refractivity contribution in [1.29, 1.82) is 0 Å². The predicted molar refractivity (Wildman–Crippen MR) is 146 cm³/mol. The highest BCUT2D eigenvalue weighted by atomic mass is 32.2. The van der Waals surface area contributed by atoms with Gasteiger partial charge in [0.05, 0.1) is 5.70 Å². The van der Waals surface area contributed by atoms with Gasteiger partial charge in [-0.1, -0.05) is 60.7 Å². The number of nitrogens with zero attached hydrogens (tertiary/aromatic N) is 6. The van der Waals surface area contributed by atoms with Gasteiger partial charge in [0.15, 0.2) is 11.8 Å². The lowest BCUT2D eigenvalue weighted by Crippen LogP contribution is -2.71. The van der Waals surface area contributed by atoms with Crippen molar-refractivity contribution in [2.45, 2.75) is 43.3 Å². The van der Waals surface area contributed by atoms with Crippen LogP contribution in [0.1, 0.15) is 36.5 Å². The maximum Gasteiger partial charge on any atom is 0.357 e. The van der Waals surface area contributed by atoms with Gasteiger partial charge < -0.3 is 15.0 Å². The fourth-order valence-corrected chi connectivity index (χ4v) is 6.75. The Kier molecular flexibility index (Phi) is 7.49. The smallest absolute Gasteiger partial charge is 0.357 e. The summed E-state index contributed by atoms with van der Waals surface area (Å²) in [4.78, 5) is 43.9. The summed E-state index contributed by atoms with van der Waals surface area (Å²) < 4.78 is 7.52. The standard InChI is InChI=1S/C28H29N7O4S/c36-22(16-34-18-29-31-32-34)30-23-26(37)35-24(21(17-40-27(23)35)33-14-8-3-9-15-33)28(38)39-25(19-10-4-1-5-11-19)20-12-6-2-7-13-20/h1-2,4-7,10-13,18,23,25,27H,3,8-9,14-17H2,(H,30,36)/t23?,27-/m0/s1. The molecule has 1 unspecified atom stereocenters. The molecule has 1 aromatic heterocycles. The van der Waals surface area contributed by atoms with Gasteiger partial charge in [-0.2, -0.15) is 0 Å². The number of ether oxygens (including phenoxy) is 1. The second-order valence-corrected chi connectivity index (χ2v) is 11.0. The van der Waals surface area contributed by atoms with Crippen LogP contribution in [0.15, 0.2) is 78.4 Å². The van der Waals surface area contributed by atoms with Gasteiger partial charge in [-0.15, -0.1) is 16.9 Å². The van der Waals surface area contributed by atoms with Crippen molar-refractivity contribution < 1.29 is 19.1 Å². The zero-order chi connectivity index (χ0) is 27.5. The third kappa shape index (κ3) is 5.18. The van der Waals surface area contributed by atoms with Crippen molar-refractivity contribution in [1.82, 2.24) is 35.3 Å². The predicted octanol–water partition coefficient (Wildman–Crippen LogP) is 2.10. The van der Waals surface area contributed by atoms with Gasteiger partial charge in [0.1, 0.15) is 24.3 Å². The van der Waals surface area contributed by atoms with Crippen LogP contribution in [-0.4, -0.2) is 78.0 Å². The van der Waals surface area contributed by atoms with E-state index >= 15 is 0 Å². The van der Waals surface area contributed by atoms with Gasteiger partial charge in [0.2, 0.25) is 5.91 Å². The number of hydrogen-bond donors (Lipinski definition) is 1. The van der Waals surface area contributed by atoms with Crippen LogP contribution in [0.25, 0.3) is 0 Å². The summed E-state index contributed by atoms with van der Waals surface area (Å²) in [5, 5.41) is 13.1. The molecular formula is C28H29N7O4S. The van der Waals surface area contributed by atoms with E-state index in [1.807, 2.05) is 60.7 Å². The molecule has 0 bridgehead atoms. The zero-order valence-corrected chi connectivity index (χ0v) is 22.6. The minimum atomic E-state index is -0.751. The van der Waals surface area contributed by atoms with E-state index in [1.165, 1.54) is 15.9 Å². The summed E-state index contributed by atoms with van der Waals surface area (Å²) in [7, 11) is 0. The molecule has 4 heterocycles. The van der Waals surface area contributed by atoms with Crippen LogP contribution in [-0.2, 0) is 25.7 Å². The van der Waals surface area contributed by atoms with E-state index in [0.717, 1.165) is 49.2 Å². The van der Waals surface area contributed by atoms with Crippen molar-refractivity contribution >= 4 is 29.5 Å². The van der Waals surface area contributed by atoms with Gasteiger partial charge in [-0.3, -0.25) is 14.5 Å². The topological polar surface area (TPSA) is 123 Å². The normalized spacial score (nSPS) is 20.7. The van der Waals surface area contributed by atoms with E-state index in [0.29, 0.717) is 5.75 Å². The third-order valence-corrected chi connectivity index (χ3v) is 8.59. The Morgan fingerprint density at radius 3 is 2.30 bits per heavy atom. The number of β-lactam (4-membered cyclic amide) rings is 1. The number of esters is 1. The molecule has 3 aliphatic rings. The van der Waals surface area contributed by atoms with E-state index < -0.39 is 23.5 Å². The minimum absolute atomic E-state index is 0.103. The summed E-state index contributed by atoms with van der Waals surface area (Å²) in [6.45, 7) is 1.55. The molecule has 1 N–H and O–H groups in total. The van der Waals surface area contributed by atoms with E-state index in [9.17, 15) is 14.4 Å². The lowest BCUT2D eigenvalue weighted by atomic mass is 10.0. The van der Waals surface area contributed by atoms with Crippen molar-refractivity contribution in [2.24, 2.45) is 0 Å². The molecule has 12 heteroatoms. The molecule has 11 nitrogen and oxygen atoms in total. The summed E-state index contributed by atoms with van der Waals surface area (Å²) >= 11 is 1.55. The summed E-state index contributed by atoms with van der Waals surface area (Å²) in [5.41, 5.74) is 2.77.